The maximum absolute atomic E-state index is 11.6. The summed E-state index contributed by atoms with van der Waals surface area (Å²) in [5.74, 6) is -0.812. The molecule has 0 bridgehead atoms. The van der Waals surface area contributed by atoms with E-state index in [0.29, 0.717) is 30.8 Å². The number of carboxylic acid groups (broad SMARTS) is 1. The Labute approximate surface area is 123 Å². The lowest BCUT2D eigenvalue weighted by atomic mass is 9.81. The molecule has 1 aliphatic rings. The number of hydrogen-bond acceptors (Lipinski definition) is 5. The van der Waals surface area contributed by atoms with E-state index in [9.17, 15) is 14.7 Å². The fourth-order valence-corrected chi connectivity index (χ4v) is 2.60. The van der Waals surface area contributed by atoms with Gasteiger partial charge in [-0.05, 0) is 31.9 Å². The molecule has 21 heavy (non-hydrogen) atoms. The first kappa shape index (κ1) is 15.3. The number of anilines is 1. The predicted octanol–water partition coefficient (Wildman–Crippen LogP) is 2.46. The standard InChI is InChI=1S/C15H20N2O4/c1-2-21-13(18)11-6-7-12(16-10-11)17-15(14(19)20)8-4-3-5-9-15/h6-7,10H,2-5,8-9H2,1H3,(H,16,17)(H,19,20). The van der Waals surface area contributed by atoms with E-state index in [-0.39, 0.29) is 0 Å². The molecule has 1 aromatic heterocycles. The second-order valence-corrected chi connectivity index (χ2v) is 5.23. The van der Waals surface area contributed by atoms with E-state index in [4.69, 9.17) is 4.74 Å². The van der Waals surface area contributed by atoms with Gasteiger partial charge in [0.05, 0.1) is 12.2 Å². The Bertz CT molecular complexity index is 507. The Hall–Kier alpha value is -2.11. The van der Waals surface area contributed by atoms with Crippen LogP contribution in [-0.2, 0) is 9.53 Å². The van der Waals surface area contributed by atoms with Crippen molar-refractivity contribution in [3.8, 4) is 0 Å². The highest BCUT2D eigenvalue weighted by atomic mass is 16.5. The van der Waals surface area contributed by atoms with Crippen LogP contribution in [-0.4, -0.2) is 34.2 Å². The number of carbonyl (C=O) groups is 2. The maximum Gasteiger partial charge on any atom is 0.339 e. The largest absolute Gasteiger partial charge is 0.480 e. The van der Waals surface area contributed by atoms with Crippen LogP contribution in [0.5, 0.6) is 0 Å². The Morgan fingerprint density at radius 1 is 1.33 bits per heavy atom. The van der Waals surface area contributed by atoms with Crippen molar-refractivity contribution in [2.45, 2.75) is 44.6 Å². The van der Waals surface area contributed by atoms with Crippen molar-refractivity contribution in [3.63, 3.8) is 0 Å². The zero-order chi connectivity index (χ0) is 15.3. The molecular formula is C15H20N2O4. The minimum absolute atomic E-state index is 0.307. The van der Waals surface area contributed by atoms with Crippen LogP contribution < -0.4 is 5.32 Å². The summed E-state index contributed by atoms with van der Waals surface area (Å²) in [6, 6.07) is 3.21. The van der Waals surface area contributed by atoms with E-state index >= 15 is 0 Å². The monoisotopic (exact) mass is 292 g/mol. The molecule has 6 nitrogen and oxygen atoms in total. The molecule has 1 aliphatic carbocycles. The molecule has 0 spiro atoms. The molecule has 0 aliphatic heterocycles. The van der Waals surface area contributed by atoms with Crippen LogP contribution in [0.1, 0.15) is 49.4 Å². The van der Waals surface area contributed by atoms with Gasteiger partial charge in [0.1, 0.15) is 11.4 Å². The van der Waals surface area contributed by atoms with Crippen LogP contribution in [0.2, 0.25) is 0 Å². The number of aliphatic carboxylic acids is 1. The molecule has 1 fully saturated rings. The van der Waals surface area contributed by atoms with Crippen molar-refractivity contribution in [1.29, 1.82) is 0 Å². The minimum atomic E-state index is -0.948. The van der Waals surface area contributed by atoms with Crippen LogP contribution in [0, 0.1) is 0 Å². The number of nitrogens with zero attached hydrogens (tertiary/aromatic N) is 1. The fraction of sp³-hybridized carbons (Fsp3) is 0.533. The van der Waals surface area contributed by atoms with Crippen molar-refractivity contribution in [2.75, 3.05) is 11.9 Å². The van der Waals surface area contributed by atoms with E-state index in [1.54, 1.807) is 19.1 Å². The van der Waals surface area contributed by atoms with E-state index in [2.05, 4.69) is 10.3 Å². The second-order valence-electron chi connectivity index (χ2n) is 5.23. The van der Waals surface area contributed by atoms with Crippen LogP contribution in [0.4, 0.5) is 5.82 Å². The van der Waals surface area contributed by atoms with Crippen LogP contribution in [0.25, 0.3) is 0 Å². The van der Waals surface area contributed by atoms with Gasteiger partial charge in [0.25, 0.3) is 0 Å². The Kier molecular flexibility index (Phi) is 4.77. The third kappa shape index (κ3) is 3.51. The molecule has 2 rings (SSSR count). The van der Waals surface area contributed by atoms with Gasteiger partial charge in [0.15, 0.2) is 0 Å². The van der Waals surface area contributed by atoms with Gasteiger partial charge in [-0.2, -0.15) is 0 Å². The molecule has 0 unspecified atom stereocenters. The van der Waals surface area contributed by atoms with Gasteiger partial charge in [0, 0.05) is 6.20 Å². The van der Waals surface area contributed by atoms with Gasteiger partial charge >= 0.3 is 11.9 Å². The number of ether oxygens (including phenoxy) is 1. The first-order valence-corrected chi connectivity index (χ1v) is 7.22. The first-order chi connectivity index (χ1) is 10.1. The molecule has 0 amide bonds. The van der Waals surface area contributed by atoms with Crippen molar-refractivity contribution in [2.24, 2.45) is 0 Å². The average molecular weight is 292 g/mol. The zero-order valence-electron chi connectivity index (χ0n) is 12.1. The fourth-order valence-electron chi connectivity index (χ4n) is 2.60. The number of nitrogens with one attached hydrogen (secondary N) is 1. The molecule has 0 saturated heterocycles. The molecule has 114 valence electrons. The molecule has 2 N–H and O–H groups in total. The predicted molar refractivity (Wildman–Crippen MR) is 77.3 cm³/mol. The third-order valence-corrected chi connectivity index (χ3v) is 3.76. The number of esters is 1. The highest BCUT2D eigenvalue weighted by molar-refractivity contribution is 5.89. The molecule has 1 saturated carbocycles. The molecule has 0 radical (unpaired) electrons. The van der Waals surface area contributed by atoms with Gasteiger partial charge < -0.3 is 15.2 Å². The smallest absolute Gasteiger partial charge is 0.339 e. The number of carbonyl (C=O) groups excluding carboxylic acids is 1. The number of carboxylic acids is 1. The number of aromatic nitrogens is 1. The van der Waals surface area contributed by atoms with Crippen molar-refractivity contribution in [3.05, 3.63) is 23.9 Å². The Balaban J connectivity index is 2.11. The highest BCUT2D eigenvalue weighted by Gasteiger charge is 2.39. The topological polar surface area (TPSA) is 88.5 Å². The number of rotatable bonds is 5. The third-order valence-electron chi connectivity index (χ3n) is 3.76. The first-order valence-electron chi connectivity index (χ1n) is 7.22. The van der Waals surface area contributed by atoms with Crippen LogP contribution in [0.15, 0.2) is 18.3 Å². The SMILES string of the molecule is CCOC(=O)c1ccc(NC2(C(=O)O)CCCCC2)nc1. The normalized spacial score (nSPS) is 17.0. The van der Waals surface area contributed by atoms with Gasteiger partial charge in [0.2, 0.25) is 0 Å². The van der Waals surface area contributed by atoms with E-state index in [1.165, 1.54) is 6.20 Å². The van der Waals surface area contributed by atoms with Crippen LogP contribution in [0.3, 0.4) is 0 Å². The molecule has 6 heteroatoms. The molecule has 0 atom stereocenters. The maximum atomic E-state index is 11.6. The van der Waals surface area contributed by atoms with E-state index in [1.807, 2.05) is 0 Å². The summed E-state index contributed by atoms with van der Waals surface area (Å²) in [5.41, 5.74) is -0.591. The lowest BCUT2D eigenvalue weighted by Crippen LogP contribution is -2.48. The van der Waals surface area contributed by atoms with Crippen molar-refractivity contribution < 1.29 is 19.4 Å². The van der Waals surface area contributed by atoms with E-state index in [0.717, 1.165) is 19.3 Å². The lowest BCUT2D eigenvalue weighted by Gasteiger charge is -2.34. The average Bonchev–Trinajstić information content (AvgIpc) is 2.49. The number of pyridine rings is 1. The number of hydrogen-bond donors (Lipinski definition) is 2. The summed E-state index contributed by atoms with van der Waals surface area (Å²) >= 11 is 0. The summed E-state index contributed by atoms with van der Waals surface area (Å²) in [7, 11) is 0. The second kappa shape index (κ2) is 6.56. The minimum Gasteiger partial charge on any atom is -0.480 e. The summed E-state index contributed by atoms with van der Waals surface area (Å²) in [6.07, 6.45) is 5.42. The van der Waals surface area contributed by atoms with Gasteiger partial charge in [-0.1, -0.05) is 19.3 Å². The molecule has 1 aromatic rings. The van der Waals surface area contributed by atoms with Gasteiger partial charge in [-0.15, -0.1) is 0 Å². The lowest BCUT2D eigenvalue weighted by molar-refractivity contribution is -0.143. The van der Waals surface area contributed by atoms with E-state index < -0.39 is 17.5 Å². The summed E-state index contributed by atoms with van der Waals surface area (Å²) in [4.78, 5) is 27.2. The highest BCUT2D eigenvalue weighted by Crippen LogP contribution is 2.31. The molecule has 1 heterocycles. The molecule has 0 aromatic carbocycles. The Morgan fingerprint density at radius 3 is 2.57 bits per heavy atom. The van der Waals surface area contributed by atoms with Crippen molar-refractivity contribution in [1.82, 2.24) is 4.98 Å². The molecular weight excluding hydrogens is 272 g/mol. The summed E-state index contributed by atoms with van der Waals surface area (Å²) in [5, 5.41) is 12.5. The van der Waals surface area contributed by atoms with Crippen LogP contribution >= 0.6 is 0 Å². The zero-order valence-corrected chi connectivity index (χ0v) is 12.1. The van der Waals surface area contributed by atoms with Gasteiger partial charge in [-0.25, -0.2) is 14.6 Å². The quantitative estimate of drug-likeness (QED) is 0.810. The van der Waals surface area contributed by atoms with Crippen molar-refractivity contribution >= 4 is 17.8 Å². The summed E-state index contributed by atoms with van der Waals surface area (Å²) < 4.78 is 4.88. The Morgan fingerprint density at radius 2 is 2.05 bits per heavy atom. The van der Waals surface area contributed by atoms with Gasteiger partial charge in [-0.3, -0.25) is 0 Å². The summed E-state index contributed by atoms with van der Waals surface area (Å²) in [6.45, 7) is 2.04.